The Kier molecular flexibility index (Phi) is 13.4. The van der Waals surface area contributed by atoms with E-state index >= 15 is 0 Å². The van der Waals surface area contributed by atoms with Gasteiger partial charge in [-0.1, -0.05) is 139 Å². The third-order valence-corrected chi connectivity index (χ3v) is 9.89. The lowest BCUT2D eigenvalue weighted by molar-refractivity contribution is 0.304. The molecule has 0 aliphatic heterocycles. The van der Waals surface area contributed by atoms with Crippen LogP contribution >= 0.6 is 0 Å². The van der Waals surface area contributed by atoms with Crippen molar-refractivity contribution in [3.63, 3.8) is 0 Å². The minimum Gasteiger partial charge on any atom is -0.494 e. The number of hydrogen-bond donors (Lipinski definition) is 4. The Bertz CT molecular complexity index is 1480. The number of unbranched alkanes of at least 4 members (excludes halogenated alkanes) is 10. The maximum Gasteiger partial charge on any atom is 0.488 e. The van der Waals surface area contributed by atoms with Crippen LogP contribution in [-0.2, 0) is 5.41 Å². The van der Waals surface area contributed by atoms with Crippen molar-refractivity contribution in [2.24, 2.45) is 0 Å². The molecule has 0 aromatic heterocycles. The Morgan fingerprint density at radius 2 is 0.837 bits per heavy atom. The molecule has 0 atom stereocenters. The zero-order chi connectivity index (χ0) is 34.6. The first-order valence-corrected chi connectivity index (χ1v) is 18.4. The molecule has 49 heavy (non-hydrogen) atoms. The monoisotopic (exact) mass is 662 g/mol. The Labute approximate surface area is 293 Å². The molecule has 8 heteroatoms. The fraction of sp³-hybridized carbons (Fsp3) is 0.415. The van der Waals surface area contributed by atoms with Crippen LogP contribution in [0.2, 0.25) is 0 Å². The molecule has 0 bridgehead atoms. The van der Waals surface area contributed by atoms with Gasteiger partial charge in [-0.05, 0) is 81.4 Å². The van der Waals surface area contributed by atoms with E-state index in [9.17, 15) is 20.1 Å². The van der Waals surface area contributed by atoms with Crippen LogP contribution in [0.5, 0.6) is 11.5 Å². The lowest BCUT2D eigenvalue weighted by atomic mass is 9.65. The molecule has 1 aliphatic rings. The van der Waals surface area contributed by atoms with Gasteiger partial charge in [-0.3, -0.25) is 0 Å². The quantitative estimate of drug-likeness (QED) is 0.0536. The summed E-state index contributed by atoms with van der Waals surface area (Å²) in [5.41, 5.74) is 5.46. The predicted octanol–water partition coefficient (Wildman–Crippen LogP) is 6.89. The van der Waals surface area contributed by atoms with Crippen molar-refractivity contribution in [3.8, 4) is 22.6 Å². The molecule has 4 N–H and O–H groups in total. The highest BCUT2D eigenvalue weighted by Gasteiger charge is 2.47. The van der Waals surface area contributed by atoms with Crippen LogP contribution < -0.4 is 20.4 Å². The molecule has 4 aromatic carbocycles. The summed E-state index contributed by atoms with van der Waals surface area (Å²) < 4.78 is 12.3. The van der Waals surface area contributed by atoms with Crippen LogP contribution in [0.4, 0.5) is 0 Å². The summed E-state index contributed by atoms with van der Waals surface area (Å²) in [5, 5.41) is 41.0. The molecule has 6 nitrogen and oxygen atoms in total. The van der Waals surface area contributed by atoms with Gasteiger partial charge in [0.25, 0.3) is 0 Å². The minimum atomic E-state index is -1.64. The van der Waals surface area contributed by atoms with Gasteiger partial charge < -0.3 is 29.6 Å². The summed E-state index contributed by atoms with van der Waals surface area (Å²) in [6.45, 7) is 5.78. The van der Waals surface area contributed by atoms with Crippen LogP contribution in [0.15, 0.2) is 84.9 Å². The van der Waals surface area contributed by atoms with Crippen molar-refractivity contribution in [2.45, 2.75) is 96.3 Å². The second kappa shape index (κ2) is 17.9. The van der Waals surface area contributed by atoms with E-state index in [1.54, 1.807) is 12.1 Å². The molecule has 0 amide bonds. The molecule has 0 spiro atoms. The van der Waals surface area contributed by atoms with Crippen molar-refractivity contribution in [1.29, 1.82) is 0 Å². The highest BCUT2D eigenvalue weighted by atomic mass is 16.5. The number of fused-ring (bicyclic) bond motifs is 3. The standard InChI is InChI=1S/C41H52B2O6/c1-3-5-7-9-11-13-27-48-35-21-15-31(16-22-35)41(32-17-23-36(24-18-32)49-28-14-12-10-8-6-4-2)39-29-33(42(44)45)19-25-37(39)38-26-20-34(43(46)47)30-40(38)41/h15-26,29-30,44-47H,3-14,27-28H2,1-2H3. The van der Waals surface area contributed by atoms with E-state index in [1.165, 1.54) is 51.4 Å². The molecule has 0 unspecified atom stereocenters. The molecule has 0 heterocycles. The number of hydrogen-bond acceptors (Lipinski definition) is 6. The van der Waals surface area contributed by atoms with Crippen molar-refractivity contribution in [1.82, 2.24) is 0 Å². The van der Waals surface area contributed by atoms with Gasteiger partial charge in [-0.2, -0.15) is 0 Å². The van der Waals surface area contributed by atoms with Gasteiger partial charge in [-0.15, -0.1) is 0 Å². The second-order valence-electron chi connectivity index (χ2n) is 13.4. The summed E-state index contributed by atoms with van der Waals surface area (Å²) in [4.78, 5) is 0. The first kappa shape index (κ1) is 36.7. The van der Waals surface area contributed by atoms with Crippen LogP contribution in [-0.4, -0.2) is 47.5 Å². The summed E-state index contributed by atoms with van der Waals surface area (Å²) in [7, 11) is -3.28. The SMILES string of the molecule is CCCCCCCCOc1ccc(C2(c3ccc(OCCCCCCCC)cc3)c3cc(B(O)O)ccc3-c3ccc(B(O)O)cc32)cc1. The average Bonchev–Trinajstić information content (AvgIpc) is 3.41. The van der Waals surface area contributed by atoms with Gasteiger partial charge in [0.2, 0.25) is 0 Å². The van der Waals surface area contributed by atoms with Crippen molar-refractivity contribution in [2.75, 3.05) is 13.2 Å². The first-order valence-electron chi connectivity index (χ1n) is 18.4. The lowest BCUT2D eigenvalue weighted by Crippen LogP contribution is -2.35. The minimum absolute atomic E-state index is 0.385. The molecule has 0 fully saturated rings. The Hall–Kier alpha value is -3.55. The molecule has 0 saturated heterocycles. The second-order valence-corrected chi connectivity index (χ2v) is 13.4. The average molecular weight is 662 g/mol. The maximum absolute atomic E-state index is 10.3. The predicted molar refractivity (Wildman–Crippen MR) is 201 cm³/mol. The largest absolute Gasteiger partial charge is 0.494 e. The van der Waals surface area contributed by atoms with E-state index < -0.39 is 19.7 Å². The zero-order valence-corrected chi connectivity index (χ0v) is 29.2. The smallest absolute Gasteiger partial charge is 0.488 e. The summed E-state index contributed by atoms with van der Waals surface area (Å²) in [6.07, 6.45) is 14.4. The van der Waals surface area contributed by atoms with Gasteiger partial charge in [0, 0.05) is 0 Å². The molecule has 258 valence electrons. The van der Waals surface area contributed by atoms with Crippen molar-refractivity contribution >= 4 is 25.2 Å². The third-order valence-electron chi connectivity index (χ3n) is 9.89. The van der Waals surface area contributed by atoms with Crippen molar-refractivity contribution in [3.05, 3.63) is 107 Å². The molecular formula is C41H52B2O6. The van der Waals surface area contributed by atoms with E-state index in [4.69, 9.17) is 9.47 Å². The van der Waals surface area contributed by atoms with E-state index in [2.05, 4.69) is 38.1 Å². The third kappa shape index (κ3) is 8.61. The van der Waals surface area contributed by atoms with Gasteiger partial charge in [0.1, 0.15) is 11.5 Å². The fourth-order valence-electron chi connectivity index (χ4n) is 7.22. The van der Waals surface area contributed by atoms with Gasteiger partial charge in [0.05, 0.1) is 18.6 Å². The Morgan fingerprint density at radius 1 is 0.469 bits per heavy atom. The van der Waals surface area contributed by atoms with Gasteiger partial charge >= 0.3 is 14.2 Å². The molecular weight excluding hydrogens is 610 g/mol. The van der Waals surface area contributed by atoms with Crippen LogP contribution in [0.3, 0.4) is 0 Å². The Balaban J connectivity index is 1.51. The van der Waals surface area contributed by atoms with E-state index in [0.29, 0.717) is 24.1 Å². The molecule has 0 saturated carbocycles. The van der Waals surface area contributed by atoms with Crippen LogP contribution in [0, 0.1) is 0 Å². The van der Waals surface area contributed by atoms with E-state index in [-0.39, 0.29) is 0 Å². The summed E-state index contributed by atoms with van der Waals surface area (Å²) >= 11 is 0. The normalized spacial score (nSPS) is 12.8. The van der Waals surface area contributed by atoms with Gasteiger partial charge in [-0.25, -0.2) is 0 Å². The maximum atomic E-state index is 10.3. The highest BCUT2D eigenvalue weighted by Crippen LogP contribution is 2.56. The first-order chi connectivity index (χ1) is 23.9. The van der Waals surface area contributed by atoms with Crippen LogP contribution in [0.1, 0.15) is 113 Å². The Morgan fingerprint density at radius 3 is 1.20 bits per heavy atom. The molecule has 0 radical (unpaired) electrons. The molecule has 1 aliphatic carbocycles. The topological polar surface area (TPSA) is 99.4 Å². The van der Waals surface area contributed by atoms with E-state index in [0.717, 1.165) is 70.6 Å². The lowest BCUT2D eigenvalue weighted by Gasteiger charge is -2.34. The number of benzene rings is 4. The number of rotatable bonds is 20. The molecule has 4 aromatic rings. The summed E-state index contributed by atoms with van der Waals surface area (Å²) in [5.74, 6) is 1.59. The van der Waals surface area contributed by atoms with Gasteiger partial charge in [0.15, 0.2) is 0 Å². The summed E-state index contributed by atoms with van der Waals surface area (Å²) in [6, 6.07) is 27.3. The zero-order valence-electron chi connectivity index (χ0n) is 29.2. The van der Waals surface area contributed by atoms with Crippen LogP contribution in [0.25, 0.3) is 11.1 Å². The number of ether oxygens (including phenoxy) is 2. The molecule has 5 rings (SSSR count). The highest BCUT2D eigenvalue weighted by molar-refractivity contribution is 6.59. The van der Waals surface area contributed by atoms with Crippen molar-refractivity contribution < 1.29 is 29.6 Å². The van der Waals surface area contributed by atoms with E-state index in [1.807, 2.05) is 48.5 Å². The fourth-order valence-corrected chi connectivity index (χ4v) is 7.22.